The zero-order valence-electron chi connectivity index (χ0n) is 26.7. The maximum atomic E-state index is 13.5. The molecule has 5 amide bonds. The summed E-state index contributed by atoms with van der Waals surface area (Å²) in [4.78, 5) is 66.6. The molecule has 0 bridgehead atoms. The fraction of sp³-hybridized carbons (Fsp3) is 0.389. The van der Waals surface area contributed by atoms with Gasteiger partial charge in [-0.05, 0) is 86.4 Å². The predicted molar refractivity (Wildman–Crippen MR) is 172 cm³/mol. The molecule has 2 N–H and O–H groups in total. The molecule has 2 saturated heterocycles. The van der Waals surface area contributed by atoms with Crippen LogP contribution in [0.1, 0.15) is 88.3 Å². The number of halogens is 3. The number of alkyl halides is 3. The van der Waals surface area contributed by atoms with E-state index in [1.807, 2.05) is 4.90 Å². The van der Waals surface area contributed by atoms with E-state index in [0.29, 0.717) is 50.0 Å². The Kier molecular flexibility index (Phi) is 7.36. The molecule has 256 valence electrons. The number of carbonyl (C=O) groups excluding carboxylic acids is 5. The zero-order valence-corrected chi connectivity index (χ0v) is 26.7. The number of anilines is 2. The average Bonchev–Trinajstić information content (AvgIpc) is 3.73. The first-order valence-corrected chi connectivity index (χ1v) is 16.6. The Morgan fingerprint density at radius 1 is 0.980 bits per heavy atom. The van der Waals surface area contributed by atoms with E-state index in [9.17, 15) is 37.1 Å². The second-order valence-electron chi connectivity index (χ2n) is 13.6. The molecule has 11 nitrogen and oxygen atoms in total. The van der Waals surface area contributed by atoms with Crippen molar-refractivity contribution in [1.82, 2.24) is 20.0 Å². The third kappa shape index (κ3) is 5.41. The van der Waals surface area contributed by atoms with Gasteiger partial charge in [-0.15, -0.1) is 0 Å². The average molecular weight is 685 g/mol. The molecule has 1 unspecified atom stereocenters. The van der Waals surface area contributed by atoms with Crippen molar-refractivity contribution in [3.05, 3.63) is 76.6 Å². The Bertz CT molecular complexity index is 2050. The number of nitrogens with one attached hydrogen (secondary N) is 2. The largest absolute Gasteiger partial charge is 0.416 e. The highest BCUT2D eigenvalue weighted by Crippen LogP contribution is 2.47. The number of nitrogens with zero attached hydrogens (tertiary/aromatic N) is 4. The summed E-state index contributed by atoms with van der Waals surface area (Å²) in [6.07, 6.45) is 2.30. The number of hydrogen-bond acceptors (Lipinski definition) is 7. The molecule has 50 heavy (non-hydrogen) atoms. The van der Waals surface area contributed by atoms with Crippen LogP contribution in [-0.4, -0.2) is 63.3 Å². The quantitative estimate of drug-likeness (QED) is 0.294. The van der Waals surface area contributed by atoms with Crippen LogP contribution in [0.25, 0.3) is 0 Å². The van der Waals surface area contributed by atoms with Gasteiger partial charge in [0.05, 0.1) is 34.4 Å². The van der Waals surface area contributed by atoms with Crippen molar-refractivity contribution in [2.24, 2.45) is 5.92 Å². The number of imide groups is 2. The molecule has 3 aromatic rings. The first kappa shape index (κ1) is 31.8. The van der Waals surface area contributed by atoms with Gasteiger partial charge in [0.25, 0.3) is 17.7 Å². The molecule has 8 rings (SSSR count). The maximum Gasteiger partial charge on any atom is 0.416 e. The summed E-state index contributed by atoms with van der Waals surface area (Å²) in [7, 11) is 0. The number of fused-ring (bicyclic) bond motifs is 1. The number of aromatic nitrogens is 2. The first-order valence-electron chi connectivity index (χ1n) is 16.6. The van der Waals surface area contributed by atoms with Crippen LogP contribution in [0.15, 0.2) is 48.8 Å². The summed E-state index contributed by atoms with van der Waals surface area (Å²) in [5.74, 6) is 3.72. The third-order valence-corrected chi connectivity index (χ3v) is 10.3. The van der Waals surface area contributed by atoms with Crippen molar-refractivity contribution >= 4 is 40.9 Å². The van der Waals surface area contributed by atoms with E-state index in [2.05, 4.69) is 27.6 Å². The Morgan fingerprint density at radius 3 is 2.42 bits per heavy atom. The molecule has 4 heterocycles. The maximum absolute atomic E-state index is 13.5. The molecular weight excluding hydrogens is 653 g/mol. The number of rotatable bonds is 6. The van der Waals surface area contributed by atoms with Crippen LogP contribution in [0.5, 0.6) is 0 Å². The second kappa shape index (κ2) is 11.6. The van der Waals surface area contributed by atoms with E-state index in [0.717, 1.165) is 23.1 Å². The topological polar surface area (TPSA) is 134 Å². The molecule has 5 aliphatic rings. The first-order chi connectivity index (χ1) is 23.9. The van der Waals surface area contributed by atoms with Gasteiger partial charge in [0, 0.05) is 37.1 Å². The second-order valence-corrected chi connectivity index (χ2v) is 13.6. The van der Waals surface area contributed by atoms with Crippen LogP contribution in [0.2, 0.25) is 0 Å². The lowest BCUT2D eigenvalue weighted by atomic mass is 9.76. The van der Waals surface area contributed by atoms with E-state index in [1.54, 1.807) is 35.3 Å². The van der Waals surface area contributed by atoms with E-state index in [-0.39, 0.29) is 47.3 Å². The Balaban J connectivity index is 0.907. The van der Waals surface area contributed by atoms with Crippen molar-refractivity contribution in [2.45, 2.75) is 68.6 Å². The number of benzene rings is 2. The summed E-state index contributed by atoms with van der Waals surface area (Å²) < 4.78 is 42.2. The normalized spacial score (nSPS) is 21.5. The predicted octanol–water partition coefficient (Wildman–Crippen LogP) is 4.19. The summed E-state index contributed by atoms with van der Waals surface area (Å²) >= 11 is 0. The van der Waals surface area contributed by atoms with Crippen LogP contribution >= 0.6 is 0 Å². The van der Waals surface area contributed by atoms with Crippen molar-refractivity contribution in [3.8, 4) is 11.8 Å². The minimum absolute atomic E-state index is 0.0187. The molecule has 3 aliphatic heterocycles. The number of carbonyl (C=O) groups is 5. The van der Waals surface area contributed by atoms with Gasteiger partial charge < -0.3 is 10.2 Å². The van der Waals surface area contributed by atoms with Crippen LogP contribution in [-0.2, 0) is 26.1 Å². The highest BCUT2D eigenvalue weighted by molar-refractivity contribution is 6.23. The van der Waals surface area contributed by atoms with Gasteiger partial charge in [-0.1, -0.05) is 11.8 Å². The van der Waals surface area contributed by atoms with Gasteiger partial charge in [-0.2, -0.15) is 18.3 Å². The van der Waals surface area contributed by atoms with Gasteiger partial charge in [0.2, 0.25) is 11.8 Å². The molecule has 1 aromatic heterocycles. The van der Waals surface area contributed by atoms with E-state index < -0.39 is 46.9 Å². The minimum Gasteiger partial charge on any atom is -0.369 e. The highest BCUT2D eigenvalue weighted by Gasteiger charge is 2.48. The summed E-state index contributed by atoms with van der Waals surface area (Å²) in [6.45, 7) is 1.17. The molecule has 2 aromatic carbocycles. The molecule has 14 heteroatoms. The van der Waals surface area contributed by atoms with Gasteiger partial charge in [0.1, 0.15) is 11.6 Å². The lowest BCUT2D eigenvalue weighted by molar-refractivity contribution is -0.138. The SMILES string of the molecule is O=C1CCC(N2C(=O)c3ccc(N4CC(C#Cc5cnn(C6(C(=O)Nc7ccc(C(F)(F)F)c(C8CC8)c7)CCC6)c5)C4)cc3C2=O)C(=O)N1. The third-order valence-electron chi connectivity index (χ3n) is 10.3. The van der Waals surface area contributed by atoms with Gasteiger partial charge in [0.15, 0.2) is 0 Å². The number of amides is 5. The van der Waals surface area contributed by atoms with Crippen LogP contribution in [0, 0.1) is 17.8 Å². The van der Waals surface area contributed by atoms with Crippen LogP contribution in [0.3, 0.4) is 0 Å². The van der Waals surface area contributed by atoms with Gasteiger partial charge in [-0.3, -0.25) is 38.9 Å². The Morgan fingerprint density at radius 2 is 1.74 bits per heavy atom. The number of hydrogen-bond donors (Lipinski definition) is 2. The van der Waals surface area contributed by atoms with Gasteiger partial charge >= 0.3 is 6.18 Å². The lowest BCUT2D eigenvalue weighted by Gasteiger charge is -2.40. The van der Waals surface area contributed by atoms with Crippen LogP contribution in [0.4, 0.5) is 24.5 Å². The minimum atomic E-state index is -4.45. The van der Waals surface area contributed by atoms with E-state index in [4.69, 9.17) is 0 Å². The van der Waals surface area contributed by atoms with Gasteiger partial charge in [-0.25, -0.2) is 0 Å². The summed E-state index contributed by atoms with van der Waals surface area (Å²) in [5.41, 5.74) is 0.769. The van der Waals surface area contributed by atoms with Crippen molar-refractivity contribution < 1.29 is 37.1 Å². The fourth-order valence-electron chi connectivity index (χ4n) is 7.19. The molecular formula is C36H31F3N6O5. The molecule has 2 saturated carbocycles. The highest BCUT2D eigenvalue weighted by atomic mass is 19.4. The van der Waals surface area contributed by atoms with Crippen molar-refractivity contribution in [3.63, 3.8) is 0 Å². The van der Waals surface area contributed by atoms with E-state index in [1.165, 1.54) is 12.1 Å². The monoisotopic (exact) mass is 684 g/mol. The van der Waals surface area contributed by atoms with Crippen molar-refractivity contribution in [2.75, 3.05) is 23.3 Å². The molecule has 0 radical (unpaired) electrons. The lowest BCUT2D eigenvalue weighted by Crippen LogP contribution is -2.54. The summed E-state index contributed by atoms with van der Waals surface area (Å²) in [6, 6.07) is 7.76. The Hall–Kier alpha value is -5.45. The smallest absolute Gasteiger partial charge is 0.369 e. The zero-order chi connectivity index (χ0) is 34.9. The fourth-order valence-corrected chi connectivity index (χ4v) is 7.19. The van der Waals surface area contributed by atoms with E-state index >= 15 is 0 Å². The van der Waals surface area contributed by atoms with Crippen molar-refractivity contribution in [1.29, 1.82) is 0 Å². The van der Waals surface area contributed by atoms with Crippen LogP contribution < -0.4 is 15.5 Å². The molecule has 0 spiro atoms. The Labute approximate surface area is 284 Å². The standard InChI is InChI=1S/C36H31F3N6O5/c37-36(38,39)28-9-6-23(14-26(28)22-4-5-22)41-34(50)35(12-1-13-35)44-19-20(16-40-44)2-3-21-17-43(18-21)24-7-8-25-27(15-24)33(49)45(32(25)48)29-10-11-30(46)42-31(29)47/h6-9,14-16,19,21-22,29H,1,4-5,10-13,17-18H2,(H,41,50)(H,42,46,47). The molecule has 1 atom stereocenters. The molecule has 4 fully saturated rings. The number of piperidine rings is 1. The molecule has 2 aliphatic carbocycles. The summed E-state index contributed by atoms with van der Waals surface area (Å²) in [5, 5.41) is 9.48.